The third-order valence-corrected chi connectivity index (χ3v) is 2.74. The second kappa shape index (κ2) is 7.45. The van der Waals surface area contributed by atoms with Crippen LogP contribution in [0.4, 0.5) is 0 Å². The summed E-state index contributed by atoms with van der Waals surface area (Å²) in [5.41, 5.74) is 2.13. The Morgan fingerprint density at radius 2 is 2.05 bits per heavy atom. The van der Waals surface area contributed by atoms with Gasteiger partial charge in [0.15, 0.2) is 0 Å². The van der Waals surface area contributed by atoms with E-state index in [1.165, 1.54) is 6.08 Å². The van der Waals surface area contributed by atoms with Gasteiger partial charge in [0.25, 0.3) is 5.91 Å². The number of amides is 1. The van der Waals surface area contributed by atoms with E-state index in [0.717, 1.165) is 11.6 Å². The van der Waals surface area contributed by atoms with Crippen LogP contribution in [-0.2, 0) is 9.53 Å². The largest absolute Gasteiger partial charge is 0.478 e. The van der Waals surface area contributed by atoms with Crippen LogP contribution < -0.4 is 0 Å². The molecule has 5 heteroatoms. The molecule has 0 heterocycles. The van der Waals surface area contributed by atoms with Gasteiger partial charge in [0.05, 0.1) is 6.61 Å². The van der Waals surface area contributed by atoms with E-state index in [1.807, 2.05) is 13.0 Å². The van der Waals surface area contributed by atoms with Crippen LogP contribution in [0.15, 0.2) is 24.3 Å². The Morgan fingerprint density at radius 1 is 1.35 bits per heavy atom. The number of likely N-dealkylation sites (N-methyl/N-ethyl adjacent to an activating group) is 1. The van der Waals surface area contributed by atoms with Crippen LogP contribution in [0.2, 0.25) is 0 Å². The number of hydrogen-bond donors (Lipinski definition) is 1. The minimum Gasteiger partial charge on any atom is -0.478 e. The number of carboxylic acids is 1. The molecule has 1 aromatic carbocycles. The number of ether oxygens (including phenoxy) is 1. The smallest absolute Gasteiger partial charge is 0.328 e. The number of aryl methyl sites for hydroxylation is 1. The number of carbonyl (C=O) groups is 2. The average Bonchev–Trinajstić information content (AvgIpc) is 2.41. The predicted octanol–water partition coefficient (Wildman–Crippen LogP) is 1.81. The topological polar surface area (TPSA) is 66.8 Å². The molecule has 0 aliphatic rings. The third-order valence-electron chi connectivity index (χ3n) is 2.74. The maximum Gasteiger partial charge on any atom is 0.328 e. The first-order valence-corrected chi connectivity index (χ1v) is 6.21. The van der Waals surface area contributed by atoms with Crippen molar-refractivity contribution in [3.05, 3.63) is 41.0 Å². The summed E-state index contributed by atoms with van der Waals surface area (Å²) < 4.78 is 4.94. The Labute approximate surface area is 118 Å². The molecule has 0 radical (unpaired) electrons. The van der Waals surface area contributed by atoms with E-state index in [1.54, 1.807) is 31.2 Å². The van der Waals surface area contributed by atoms with E-state index in [2.05, 4.69) is 0 Å². The summed E-state index contributed by atoms with van der Waals surface area (Å²) in [5, 5.41) is 8.63. The van der Waals surface area contributed by atoms with E-state index in [0.29, 0.717) is 24.3 Å². The molecule has 0 aromatic heterocycles. The van der Waals surface area contributed by atoms with E-state index < -0.39 is 5.97 Å². The van der Waals surface area contributed by atoms with E-state index in [9.17, 15) is 9.59 Å². The maximum absolute atomic E-state index is 12.2. The van der Waals surface area contributed by atoms with Gasteiger partial charge >= 0.3 is 5.97 Å². The summed E-state index contributed by atoms with van der Waals surface area (Å²) in [7, 11) is 3.29. The van der Waals surface area contributed by atoms with Gasteiger partial charge in [-0.05, 0) is 36.3 Å². The molecule has 0 bridgehead atoms. The summed E-state index contributed by atoms with van der Waals surface area (Å²) in [5.74, 6) is -1.13. The van der Waals surface area contributed by atoms with Gasteiger partial charge in [-0.1, -0.05) is 6.07 Å². The van der Waals surface area contributed by atoms with Crippen LogP contribution in [0, 0.1) is 6.92 Å². The van der Waals surface area contributed by atoms with Gasteiger partial charge in [0, 0.05) is 32.3 Å². The highest BCUT2D eigenvalue weighted by molar-refractivity contribution is 5.95. The Morgan fingerprint density at radius 3 is 2.65 bits per heavy atom. The quantitative estimate of drug-likeness (QED) is 0.805. The summed E-state index contributed by atoms with van der Waals surface area (Å²) in [6.45, 7) is 2.84. The van der Waals surface area contributed by atoms with Crippen LogP contribution in [0.1, 0.15) is 21.5 Å². The van der Waals surface area contributed by atoms with Crippen molar-refractivity contribution in [1.29, 1.82) is 0 Å². The van der Waals surface area contributed by atoms with Crippen LogP contribution >= 0.6 is 0 Å². The zero-order chi connectivity index (χ0) is 15.1. The number of rotatable bonds is 6. The number of carboxylic acid groups (broad SMARTS) is 1. The first-order valence-electron chi connectivity index (χ1n) is 6.21. The standard InChI is InChI=1S/C15H19NO4/c1-11-8-12(4-5-14(17)18)10-13(9-11)15(19)16(2)6-7-20-3/h4-5,8-10H,6-7H2,1-3H3,(H,17,18)/b5-4+. The second-order valence-electron chi connectivity index (χ2n) is 4.52. The van der Waals surface area contributed by atoms with Crippen molar-refractivity contribution in [2.24, 2.45) is 0 Å². The Kier molecular flexibility index (Phi) is 5.93. The molecule has 0 atom stereocenters. The van der Waals surface area contributed by atoms with Crippen molar-refractivity contribution < 1.29 is 19.4 Å². The molecule has 0 unspecified atom stereocenters. The van der Waals surface area contributed by atoms with Gasteiger partial charge < -0.3 is 14.7 Å². The lowest BCUT2D eigenvalue weighted by atomic mass is 10.1. The second-order valence-corrected chi connectivity index (χ2v) is 4.52. The van der Waals surface area contributed by atoms with Crippen molar-refractivity contribution >= 4 is 18.0 Å². The number of nitrogens with zero attached hydrogens (tertiary/aromatic N) is 1. The molecule has 0 aliphatic heterocycles. The van der Waals surface area contributed by atoms with E-state index in [4.69, 9.17) is 9.84 Å². The van der Waals surface area contributed by atoms with Gasteiger partial charge in [0.2, 0.25) is 0 Å². The molecule has 20 heavy (non-hydrogen) atoms. The highest BCUT2D eigenvalue weighted by Crippen LogP contribution is 2.13. The Hall–Kier alpha value is -2.14. The third kappa shape index (κ3) is 4.85. The number of hydrogen-bond acceptors (Lipinski definition) is 3. The molecule has 0 saturated heterocycles. The fourth-order valence-corrected chi connectivity index (χ4v) is 1.75. The molecule has 0 spiro atoms. The SMILES string of the molecule is COCCN(C)C(=O)c1cc(C)cc(/C=C/C(=O)O)c1. The number of carbonyl (C=O) groups excluding carboxylic acids is 1. The number of methoxy groups -OCH3 is 1. The summed E-state index contributed by atoms with van der Waals surface area (Å²) in [6, 6.07) is 5.28. The van der Waals surface area contributed by atoms with Gasteiger partial charge in [-0.25, -0.2) is 4.79 Å². The van der Waals surface area contributed by atoms with E-state index >= 15 is 0 Å². The number of aliphatic carboxylic acids is 1. The van der Waals surface area contributed by atoms with Crippen LogP contribution in [0.5, 0.6) is 0 Å². The van der Waals surface area contributed by atoms with Crippen molar-refractivity contribution in [1.82, 2.24) is 4.90 Å². The van der Waals surface area contributed by atoms with Gasteiger partial charge in [-0.2, -0.15) is 0 Å². The van der Waals surface area contributed by atoms with Crippen molar-refractivity contribution in [2.75, 3.05) is 27.3 Å². The molecule has 1 amide bonds. The summed E-state index contributed by atoms with van der Waals surface area (Å²) in [4.78, 5) is 24.3. The maximum atomic E-state index is 12.2. The lowest BCUT2D eigenvalue weighted by molar-refractivity contribution is -0.131. The first-order chi connectivity index (χ1) is 9.43. The van der Waals surface area contributed by atoms with Crippen LogP contribution in [0.3, 0.4) is 0 Å². The molecule has 1 rings (SSSR count). The van der Waals surface area contributed by atoms with Crippen LogP contribution in [-0.4, -0.2) is 49.2 Å². The molecule has 1 aromatic rings. The van der Waals surface area contributed by atoms with E-state index in [-0.39, 0.29) is 5.91 Å². The van der Waals surface area contributed by atoms with Gasteiger partial charge in [-0.3, -0.25) is 4.79 Å². The lowest BCUT2D eigenvalue weighted by Crippen LogP contribution is -2.30. The highest BCUT2D eigenvalue weighted by Gasteiger charge is 2.12. The first kappa shape index (κ1) is 15.9. The normalized spacial score (nSPS) is 10.8. The predicted molar refractivity (Wildman–Crippen MR) is 76.7 cm³/mol. The Balaban J connectivity index is 2.95. The van der Waals surface area contributed by atoms with Gasteiger partial charge in [-0.15, -0.1) is 0 Å². The molecule has 0 fully saturated rings. The molecule has 108 valence electrons. The fraction of sp³-hybridized carbons (Fsp3) is 0.333. The minimum atomic E-state index is -1.02. The fourth-order valence-electron chi connectivity index (χ4n) is 1.75. The monoisotopic (exact) mass is 277 g/mol. The van der Waals surface area contributed by atoms with Crippen molar-refractivity contribution in [3.63, 3.8) is 0 Å². The lowest BCUT2D eigenvalue weighted by Gasteiger charge is -2.17. The average molecular weight is 277 g/mol. The molecule has 1 N–H and O–H groups in total. The van der Waals surface area contributed by atoms with Gasteiger partial charge in [0.1, 0.15) is 0 Å². The Bertz CT molecular complexity index is 523. The zero-order valence-electron chi connectivity index (χ0n) is 11.9. The minimum absolute atomic E-state index is 0.115. The molecular weight excluding hydrogens is 258 g/mol. The molecule has 5 nitrogen and oxygen atoms in total. The van der Waals surface area contributed by atoms with Crippen molar-refractivity contribution in [3.8, 4) is 0 Å². The molecular formula is C15H19NO4. The zero-order valence-corrected chi connectivity index (χ0v) is 11.9. The molecule has 0 saturated carbocycles. The van der Waals surface area contributed by atoms with Crippen molar-refractivity contribution in [2.45, 2.75) is 6.92 Å². The van der Waals surface area contributed by atoms with Crippen LogP contribution in [0.25, 0.3) is 6.08 Å². The summed E-state index contributed by atoms with van der Waals surface area (Å²) in [6.07, 6.45) is 2.53. The number of benzene rings is 1. The summed E-state index contributed by atoms with van der Waals surface area (Å²) >= 11 is 0. The molecule has 0 aliphatic carbocycles. The highest BCUT2D eigenvalue weighted by atomic mass is 16.5.